The number of allylic oxidation sites excluding steroid dienone is 3. The lowest BCUT2D eigenvalue weighted by Crippen LogP contribution is -2.29. The van der Waals surface area contributed by atoms with Gasteiger partial charge in [0, 0.05) is 18.0 Å². The fraction of sp³-hybridized carbons (Fsp3) is 0.458. The van der Waals surface area contributed by atoms with E-state index in [1.807, 2.05) is 30.5 Å². The van der Waals surface area contributed by atoms with Crippen LogP contribution < -0.4 is 5.32 Å². The lowest BCUT2D eigenvalue weighted by atomic mass is 9.66. The summed E-state index contributed by atoms with van der Waals surface area (Å²) in [6, 6.07) is 7.89. The van der Waals surface area contributed by atoms with Crippen molar-refractivity contribution < 1.29 is 9.53 Å². The molecule has 0 bridgehead atoms. The van der Waals surface area contributed by atoms with Crippen LogP contribution in [-0.4, -0.2) is 19.1 Å². The van der Waals surface area contributed by atoms with E-state index in [1.165, 1.54) is 23.1 Å². The second-order valence-electron chi connectivity index (χ2n) is 8.29. The minimum absolute atomic E-state index is 0.000698. The van der Waals surface area contributed by atoms with Crippen molar-refractivity contribution in [3.05, 3.63) is 64.4 Å². The highest BCUT2D eigenvalue weighted by Crippen LogP contribution is 2.46. The van der Waals surface area contributed by atoms with Crippen LogP contribution in [0.2, 0.25) is 0 Å². The Bertz CT molecular complexity index is 781. The van der Waals surface area contributed by atoms with Gasteiger partial charge < -0.3 is 10.1 Å². The minimum Gasteiger partial charge on any atom is -0.497 e. The molecule has 0 fully saturated rings. The molecule has 3 heteroatoms. The zero-order valence-corrected chi connectivity index (χ0v) is 17.0. The third kappa shape index (κ3) is 4.35. The van der Waals surface area contributed by atoms with Crippen LogP contribution in [0, 0.1) is 11.3 Å². The number of rotatable bonds is 5. The Morgan fingerprint density at radius 3 is 2.74 bits per heavy atom. The molecule has 3 nitrogen and oxygen atoms in total. The van der Waals surface area contributed by atoms with Crippen LogP contribution in [0.15, 0.2) is 53.3 Å². The Morgan fingerprint density at radius 1 is 1.30 bits per heavy atom. The Kier molecular flexibility index (Phi) is 5.88. The largest absolute Gasteiger partial charge is 0.497 e. The Labute approximate surface area is 163 Å². The summed E-state index contributed by atoms with van der Waals surface area (Å²) < 4.78 is 5.59. The number of carbonyl (C=O) groups is 1. The molecule has 1 aliphatic carbocycles. The zero-order chi connectivity index (χ0) is 19.4. The van der Waals surface area contributed by atoms with Crippen LogP contribution in [0.25, 0.3) is 6.08 Å². The number of hydrogen-bond acceptors (Lipinski definition) is 2. The van der Waals surface area contributed by atoms with Gasteiger partial charge in [0.2, 0.25) is 0 Å². The average Bonchev–Trinajstić information content (AvgIpc) is 2.66. The molecular weight excluding hydrogens is 334 g/mol. The van der Waals surface area contributed by atoms with Gasteiger partial charge in [0.15, 0.2) is 0 Å². The Hall–Kier alpha value is -2.29. The van der Waals surface area contributed by atoms with E-state index in [4.69, 9.17) is 4.74 Å². The molecule has 144 valence electrons. The van der Waals surface area contributed by atoms with Gasteiger partial charge in [-0.15, -0.1) is 0 Å². The molecular formula is C24H31NO2. The lowest BCUT2D eigenvalue weighted by molar-refractivity contribution is 0.0953. The highest BCUT2D eigenvalue weighted by molar-refractivity contribution is 5.94. The minimum atomic E-state index is 0.000698. The maximum absolute atomic E-state index is 12.1. The maximum Gasteiger partial charge on any atom is 0.251 e. The van der Waals surface area contributed by atoms with Gasteiger partial charge in [-0.25, -0.2) is 0 Å². The van der Waals surface area contributed by atoms with Gasteiger partial charge in [0.25, 0.3) is 5.91 Å². The molecule has 1 aliphatic heterocycles. The SMILES string of the molecule is CCCNC(=O)c1ccc(C=C(C)C2CCC(C)(C)C3=C2C=COC3)cc1. The first-order chi connectivity index (χ1) is 12.9. The van der Waals surface area contributed by atoms with E-state index in [1.54, 1.807) is 0 Å². The summed E-state index contributed by atoms with van der Waals surface area (Å²) in [7, 11) is 0. The van der Waals surface area contributed by atoms with E-state index in [0.29, 0.717) is 19.1 Å². The van der Waals surface area contributed by atoms with Crippen LogP contribution in [-0.2, 0) is 4.74 Å². The third-order valence-electron chi connectivity index (χ3n) is 5.82. The second-order valence-corrected chi connectivity index (χ2v) is 8.29. The summed E-state index contributed by atoms with van der Waals surface area (Å²) in [6.45, 7) is 10.3. The summed E-state index contributed by atoms with van der Waals surface area (Å²) in [5.74, 6) is 0.446. The van der Waals surface area contributed by atoms with Crippen LogP contribution in [0.1, 0.15) is 62.9 Å². The number of benzene rings is 1. The standard InChI is InChI=1S/C24H31NO2/c1-5-13-25-23(26)19-8-6-18(7-9-19)15-17(2)20-10-12-24(3,4)22-16-27-14-11-21(20)22/h6-9,11,14-15,20H,5,10,12-13,16H2,1-4H3,(H,25,26). The number of amides is 1. The predicted molar refractivity (Wildman–Crippen MR) is 111 cm³/mol. The normalized spacial score (nSPS) is 21.5. The summed E-state index contributed by atoms with van der Waals surface area (Å²) in [5, 5.41) is 2.92. The number of nitrogens with one attached hydrogen (secondary N) is 1. The molecule has 3 rings (SSSR count). The summed E-state index contributed by atoms with van der Waals surface area (Å²) >= 11 is 0. The molecule has 0 saturated carbocycles. The van der Waals surface area contributed by atoms with E-state index >= 15 is 0 Å². The van der Waals surface area contributed by atoms with Gasteiger partial charge in [-0.2, -0.15) is 0 Å². The van der Waals surface area contributed by atoms with E-state index in [9.17, 15) is 4.79 Å². The van der Waals surface area contributed by atoms with Crippen LogP contribution in [0.5, 0.6) is 0 Å². The summed E-state index contributed by atoms with van der Waals surface area (Å²) in [5.41, 5.74) is 6.31. The molecule has 1 unspecified atom stereocenters. The van der Waals surface area contributed by atoms with Crippen molar-refractivity contribution in [2.75, 3.05) is 13.2 Å². The third-order valence-corrected chi connectivity index (χ3v) is 5.82. The van der Waals surface area contributed by atoms with Gasteiger partial charge >= 0.3 is 0 Å². The zero-order valence-electron chi connectivity index (χ0n) is 17.0. The number of ether oxygens (including phenoxy) is 1. The van der Waals surface area contributed by atoms with Crippen molar-refractivity contribution in [3.8, 4) is 0 Å². The molecule has 1 atom stereocenters. The monoisotopic (exact) mass is 365 g/mol. The van der Waals surface area contributed by atoms with Crippen LogP contribution in [0.3, 0.4) is 0 Å². The fourth-order valence-electron chi connectivity index (χ4n) is 4.07. The topological polar surface area (TPSA) is 38.3 Å². The van der Waals surface area contributed by atoms with Crippen molar-refractivity contribution in [2.45, 2.75) is 47.0 Å². The van der Waals surface area contributed by atoms with Gasteiger partial charge in [0.1, 0.15) is 6.61 Å². The summed E-state index contributed by atoms with van der Waals surface area (Å²) in [6.07, 6.45) is 9.53. The first-order valence-electron chi connectivity index (χ1n) is 10.0. The highest BCUT2D eigenvalue weighted by atomic mass is 16.5. The van der Waals surface area contributed by atoms with Crippen molar-refractivity contribution in [1.29, 1.82) is 0 Å². The second kappa shape index (κ2) is 8.16. The van der Waals surface area contributed by atoms with Crippen molar-refractivity contribution in [3.63, 3.8) is 0 Å². The smallest absolute Gasteiger partial charge is 0.251 e. The first kappa shape index (κ1) is 19.5. The predicted octanol–water partition coefficient (Wildman–Crippen LogP) is 5.51. The van der Waals surface area contributed by atoms with Crippen LogP contribution in [0.4, 0.5) is 0 Å². The highest BCUT2D eigenvalue weighted by Gasteiger charge is 2.35. The quantitative estimate of drug-likeness (QED) is 0.747. The molecule has 0 radical (unpaired) electrons. The number of hydrogen-bond donors (Lipinski definition) is 1. The average molecular weight is 366 g/mol. The molecule has 2 aliphatic rings. The lowest BCUT2D eigenvalue weighted by Gasteiger charge is -2.40. The van der Waals surface area contributed by atoms with E-state index in [0.717, 1.165) is 24.0 Å². The molecule has 1 heterocycles. The van der Waals surface area contributed by atoms with Crippen molar-refractivity contribution in [1.82, 2.24) is 5.32 Å². The molecule has 1 aromatic carbocycles. The van der Waals surface area contributed by atoms with Gasteiger partial charge in [0.05, 0.1) is 6.26 Å². The molecule has 0 spiro atoms. The molecule has 0 saturated heterocycles. The van der Waals surface area contributed by atoms with Gasteiger partial charge in [-0.3, -0.25) is 4.79 Å². The van der Waals surface area contributed by atoms with Gasteiger partial charge in [-0.05, 0) is 66.5 Å². The van der Waals surface area contributed by atoms with Crippen molar-refractivity contribution >= 4 is 12.0 Å². The molecule has 27 heavy (non-hydrogen) atoms. The van der Waals surface area contributed by atoms with Crippen molar-refractivity contribution in [2.24, 2.45) is 11.3 Å². The molecule has 1 N–H and O–H groups in total. The van der Waals surface area contributed by atoms with E-state index in [-0.39, 0.29) is 11.3 Å². The van der Waals surface area contributed by atoms with E-state index in [2.05, 4.69) is 45.2 Å². The first-order valence-corrected chi connectivity index (χ1v) is 10.0. The van der Waals surface area contributed by atoms with E-state index < -0.39 is 0 Å². The molecule has 1 amide bonds. The molecule has 1 aromatic rings. The Balaban J connectivity index is 1.79. The van der Waals surface area contributed by atoms with Crippen LogP contribution >= 0.6 is 0 Å². The fourth-order valence-corrected chi connectivity index (χ4v) is 4.07. The van der Waals surface area contributed by atoms with Gasteiger partial charge in [-0.1, -0.05) is 44.6 Å². The Morgan fingerprint density at radius 2 is 2.04 bits per heavy atom. The maximum atomic E-state index is 12.1. The number of carbonyl (C=O) groups excluding carboxylic acids is 1. The summed E-state index contributed by atoms with van der Waals surface area (Å²) in [4.78, 5) is 12.1. The molecule has 0 aromatic heterocycles.